The summed E-state index contributed by atoms with van der Waals surface area (Å²) in [7, 11) is 0. The van der Waals surface area contributed by atoms with E-state index in [9.17, 15) is 0 Å². The van der Waals surface area contributed by atoms with Gasteiger partial charge in [0.2, 0.25) is 0 Å². The van der Waals surface area contributed by atoms with Gasteiger partial charge in [-0.05, 0) is 52.6 Å². The lowest BCUT2D eigenvalue weighted by atomic mass is 10.00. The van der Waals surface area contributed by atoms with Gasteiger partial charge in [-0.15, -0.1) is 22.9 Å². The minimum Gasteiger partial charge on any atom is -0.143 e. The number of halogens is 2. The molecule has 2 aromatic carbocycles. The quantitative estimate of drug-likeness (QED) is 0.495. The van der Waals surface area contributed by atoms with Crippen LogP contribution in [-0.2, 0) is 0 Å². The summed E-state index contributed by atoms with van der Waals surface area (Å²) >= 11 is 14.5. The largest absolute Gasteiger partial charge is 0.143 e. The van der Waals surface area contributed by atoms with E-state index in [0.29, 0.717) is 0 Å². The Morgan fingerprint density at radius 1 is 1.05 bits per heavy atom. The highest BCUT2D eigenvalue weighted by molar-refractivity contribution is 7.17. The zero-order valence-electron chi connectivity index (χ0n) is 10.4. The van der Waals surface area contributed by atoms with Gasteiger partial charge in [-0.2, -0.15) is 0 Å². The van der Waals surface area contributed by atoms with Crippen molar-refractivity contribution in [2.24, 2.45) is 0 Å². The van der Waals surface area contributed by atoms with Gasteiger partial charge >= 0.3 is 0 Å². The van der Waals surface area contributed by atoms with Gasteiger partial charge in [0.1, 0.15) is 0 Å². The summed E-state index contributed by atoms with van der Waals surface area (Å²) < 4.78 is 1.27. The third-order valence-electron chi connectivity index (χ3n) is 3.30. The molecule has 19 heavy (non-hydrogen) atoms. The Morgan fingerprint density at radius 3 is 2.68 bits per heavy atom. The van der Waals surface area contributed by atoms with E-state index >= 15 is 0 Å². The maximum absolute atomic E-state index is 6.68. The molecule has 0 bridgehead atoms. The number of thiophene rings is 1. The summed E-state index contributed by atoms with van der Waals surface area (Å²) in [5, 5.41) is 3.94. The smallest absolute Gasteiger partial charge is 0.0852 e. The van der Waals surface area contributed by atoms with Crippen molar-refractivity contribution >= 4 is 44.6 Å². The molecule has 3 rings (SSSR count). The Morgan fingerprint density at radius 2 is 1.84 bits per heavy atom. The van der Waals surface area contributed by atoms with Crippen LogP contribution in [0, 0.1) is 6.92 Å². The molecular weight excluding hydrogens is 295 g/mol. The van der Waals surface area contributed by atoms with E-state index < -0.39 is 0 Å². The minimum atomic E-state index is -0.158. The van der Waals surface area contributed by atoms with Crippen molar-refractivity contribution in [2.75, 3.05) is 0 Å². The van der Waals surface area contributed by atoms with Crippen LogP contribution in [0.1, 0.15) is 22.1 Å². The molecule has 0 amide bonds. The number of alkyl halides is 1. The van der Waals surface area contributed by atoms with Gasteiger partial charge in [-0.25, -0.2) is 0 Å². The zero-order chi connectivity index (χ0) is 13.4. The van der Waals surface area contributed by atoms with Crippen molar-refractivity contribution in [1.29, 1.82) is 0 Å². The van der Waals surface area contributed by atoms with Crippen LogP contribution in [0.15, 0.2) is 47.8 Å². The van der Waals surface area contributed by atoms with Crippen LogP contribution in [-0.4, -0.2) is 0 Å². The molecule has 0 radical (unpaired) electrons. The molecule has 0 spiro atoms. The number of hydrogen-bond acceptors (Lipinski definition) is 1. The molecule has 3 heteroatoms. The highest BCUT2D eigenvalue weighted by atomic mass is 35.5. The zero-order valence-corrected chi connectivity index (χ0v) is 12.7. The SMILES string of the molecule is Cc1ccc(Cl)cc1C(Cl)c1csc2ccccc12. The summed E-state index contributed by atoms with van der Waals surface area (Å²) in [5.41, 5.74) is 3.41. The highest BCUT2D eigenvalue weighted by Crippen LogP contribution is 2.39. The molecule has 96 valence electrons. The van der Waals surface area contributed by atoms with Crippen molar-refractivity contribution < 1.29 is 0 Å². The summed E-state index contributed by atoms with van der Waals surface area (Å²) in [4.78, 5) is 0. The fourth-order valence-corrected chi connectivity index (χ4v) is 3.90. The van der Waals surface area contributed by atoms with E-state index in [4.69, 9.17) is 23.2 Å². The Kier molecular flexibility index (Phi) is 3.53. The van der Waals surface area contributed by atoms with Gasteiger partial charge in [0.05, 0.1) is 5.38 Å². The molecule has 0 N–H and O–H groups in total. The molecule has 0 nitrogen and oxygen atoms in total. The fraction of sp³-hybridized carbons (Fsp3) is 0.125. The van der Waals surface area contributed by atoms with Crippen LogP contribution in [0.2, 0.25) is 5.02 Å². The lowest BCUT2D eigenvalue weighted by molar-refractivity contribution is 1.13. The van der Waals surface area contributed by atoms with Gasteiger partial charge in [-0.3, -0.25) is 0 Å². The van der Waals surface area contributed by atoms with E-state index in [1.807, 2.05) is 24.3 Å². The van der Waals surface area contributed by atoms with E-state index in [0.717, 1.165) is 16.1 Å². The average molecular weight is 307 g/mol. The van der Waals surface area contributed by atoms with Crippen molar-refractivity contribution in [3.05, 3.63) is 69.6 Å². The third-order valence-corrected chi connectivity index (χ3v) is 4.99. The lowest BCUT2D eigenvalue weighted by Crippen LogP contribution is -1.95. The standard InChI is InChI=1S/C16H12Cl2S/c1-10-6-7-11(17)8-13(10)16(18)14-9-19-15-5-3-2-4-12(14)15/h2-9,16H,1H3. The van der Waals surface area contributed by atoms with E-state index in [1.165, 1.54) is 15.6 Å². The summed E-state index contributed by atoms with van der Waals surface area (Å²) in [5.74, 6) is 0. The summed E-state index contributed by atoms with van der Waals surface area (Å²) in [6.45, 7) is 2.07. The van der Waals surface area contributed by atoms with Crippen LogP contribution in [0.25, 0.3) is 10.1 Å². The van der Waals surface area contributed by atoms with Crippen LogP contribution in [0.3, 0.4) is 0 Å². The number of aryl methyl sites for hydroxylation is 1. The predicted molar refractivity (Wildman–Crippen MR) is 85.7 cm³/mol. The molecule has 1 aromatic heterocycles. The second-order valence-electron chi connectivity index (χ2n) is 4.55. The van der Waals surface area contributed by atoms with Crippen molar-refractivity contribution in [3.63, 3.8) is 0 Å². The summed E-state index contributed by atoms with van der Waals surface area (Å²) in [6, 6.07) is 14.2. The molecule has 0 aliphatic rings. The van der Waals surface area contributed by atoms with Crippen molar-refractivity contribution in [1.82, 2.24) is 0 Å². The molecule has 3 aromatic rings. The van der Waals surface area contributed by atoms with Gasteiger partial charge in [-0.1, -0.05) is 35.9 Å². The Hall–Kier alpha value is -1.02. The van der Waals surface area contributed by atoms with Crippen LogP contribution in [0.5, 0.6) is 0 Å². The van der Waals surface area contributed by atoms with Crippen LogP contribution in [0.4, 0.5) is 0 Å². The van der Waals surface area contributed by atoms with Gasteiger partial charge in [0.15, 0.2) is 0 Å². The molecule has 0 aliphatic carbocycles. The highest BCUT2D eigenvalue weighted by Gasteiger charge is 2.17. The maximum Gasteiger partial charge on any atom is 0.0852 e. The van der Waals surface area contributed by atoms with Gasteiger partial charge in [0, 0.05) is 9.72 Å². The third kappa shape index (κ3) is 2.38. The van der Waals surface area contributed by atoms with E-state index in [1.54, 1.807) is 11.3 Å². The maximum atomic E-state index is 6.68. The van der Waals surface area contributed by atoms with Gasteiger partial charge < -0.3 is 0 Å². The van der Waals surface area contributed by atoms with Crippen molar-refractivity contribution in [2.45, 2.75) is 12.3 Å². The van der Waals surface area contributed by atoms with Gasteiger partial charge in [0.25, 0.3) is 0 Å². The average Bonchev–Trinajstić information content (AvgIpc) is 2.84. The van der Waals surface area contributed by atoms with Crippen LogP contribution < -0.4 is 0 Å². The number of benzene rings is 2. The lowest BCUT2D eigenvalue weighted by Gasteiger charge is -2.13. The number of rotatable bonds is 2. The second-order valence-corrected chi connectivity index (χ2v) is 6.33. The summed E-state index contributed by atoms with van der Waals surface area (Å²) in [6.07, 6.45) is 0. The Balaban J connectivity index is 2.13. The first-order valence-corrected chi connectivity index (χ1v) is 7.72. The molecule has 1 atom stereocenters. The fourth-order valence-electron chi connectivity index (χ4n) is 2.25. The molecule has 1 heterocycles. The number of fused-ring (bicyclic) bond motifs is 1. The molecule has 0 aliphatic heterocycles. The molecule has 1 unspecified atom stereocenters. The monoisotopic (exact) mass is 306 g/mol. The van der Waals surface area contributed by atoms with Crippen LogP contribution >= 0.6 is 34.5 Å². The van der Waals surface area contributed by atoms with E-state index in [2.05, 4.69) is 30.5 Å². The van der Waals surface area contributed by atoms with Crippen molar-refractivity contribution in [3.8, 4) is 0 Å². The first-order chi connectivity index (χ1) is 9.16. The minimum absolute atomic E-state index is 0.158. The Bertz CT molecular complexity index is 730. The molecule has 0 fully saturated rings. The Labute approximate surface area is 126 Å². The molecule has 0 saturated carbocycles. The predicted octanol–water partition coefficient (Wildman–Crippen LogP) is 6.19. The topological polar surface area (TPSA) is 0 Å². The second kappa shape index (κ2) is 5.16. The molecular formula is C16H12Cl2S. The normalized spacial score (nSPS) is 12.8. The van der Waals surface area contributed by atoms with E-state index in [-0.39, 0.29) is 5.38 Å². The first kappa shape index (κ1) is 13.0. The number of hydrogen-bond donors (Lipinski definition) is 0. The molecule has 0 saturated heterocycles. The first-order valence-electron chi connectivity index (χ1n) is 6.03.